The van der Waals surface area contributed by atoms with Crippen LogP contribution in [0.2, 0.25) is 0 Å². The zero-order valence-electron chi connectivity index (χ0n) is 24.5. The van der Waals surface area contributed by atoms with E-state index in [0.29, 0.717) is 64.3 Å². The van der Waals surface area contributed by atoms with Gasteiger partial charge in [0.15, 0.2) is 0 Å². The van der Waals surface area contributed by atoms with Crippen molar-refractivity contribution in [1.29, 1.82) is 5.26 Å². The first-order valence-corrected chi connectivity index (χ1v) is 15.2. The number of nitriles is 1. The van der Waals surface area contributed by atoms with Crippen molar-refractivity contribution < 1.29 is 9.53 Å². The molecule has 3 fully saturated rings. The fraction of sp³-hybridized carbons (Fsp3) is 0.516. The normalized spacial score (nSPS) is 23.7. The molecule has 3 aromatic rings. The Morgan fingerprint density at radius 3 is 2.79 bits per heavy atom. The van der Waals surface area contributed by atoms with E-state index in [9.17, 15) is 14.9 Å². The van der Waals surface area contributed by atoms with E-state index < -0.39 is 0 Å². The summed E-state index contributed by atoms with van der Waals surface area (Å²) in [6, 6.07) is 12.2. The zero-order valence-corrected chi connectivity index (χ0v) is 24.5. The Morgan fingerprint density at radius 1 is 1.14 bits per heavy atom. The number of nitrogens with one attached hydrogen (secondary N) is 2. The van der Waals surface area contributed by atoms with Crippen LogP contribution in [0.3, 0.4) is 0 Å². The lowest BCUT2D eigenvalue weighted by atomic mass is 10.0. The largest absolute Gasteiger partial charge is 0.462 e. The molecule has 0 spiro atoms. The Kier molecular flexibility index (Phi) is 7.36. The van der Waals surface area contributed by atoms with Gasteiger partial charge in [-0.25, -0.2) is 0 Å². The van der Waals surface area contributed by atoms with Gasteiger partial charge in [-0.15, -0.1) is 0 Å². The Morgan fingerprint density at radius 2 is 2.00 bits per heavy atom. The molecule has 1 aromatic carbocycles. The fourth-order valence-corrected chi connectivity index (χ4v) is 6.78. The number of piperazine rings is 1. The van der Waals surface area contributed by atoms with Gasteiger partial charge in [-0.2, -0.15) is 15.2 Å². The van der Waals surface area contributed by atoms with E-state index in [1.807, 2.05) is 29.2 Å². The number of nitrogens with zero attached hydrogens (tertiary/aromatic N) is 7. The van der Waals surface area contributed by atoms with Crippen LogP contribution in [0.4, 0.5) is 11.5 Å². The molecule has 3 saturated heterocycles. The van der Waals surface area contributed by atoms with Crippen LogP contribution in [-0.2, 0) is 17.8 Å². The smallest absolute Gasteiger partial charge is 0.318 e. The molecule has 12 heteroatoms. The van der Waals surface area contributed by atoms with Crippen molar-refractivity contribution in [2.24, 2.45) is 0 Å². The first-order valence-electron chi connectivity index (χ1n) is 15.2. The minimum atomic E-state index is -0.210. The second-order valence-electron chi connectivity index (χ2n) is 12.0. The number of rotatable bonds is 7. The summed E-state index contributed by atoms with van der Waals surface area (Å²) in [5.74, 6) is 0.907. The number of likely N-dealkylation sites (tertiary alicyclic amines) is 1. The molecule has 3 atom stereocenters. The predicted molar refractivity (Wildman–Crippen MR) is 162 cm³/mol. The number of aromatic nitrogens is 3. The summed E-state index contributed by atoms with van der Waals surface area (Å²) < 4.78 is 6.27. The summed E-state index contributed by atoms with van der Waals surface area (Å²) in [6.07, 6.45) is 3.20. The van der Waals surface area contributed by atoms with Gasteiger partial charge in [0, 0.05) is 55.8 Å². The first kappa shape index (κ1) is 27.6. The maximum atomic E-state index is 13.0. The second-order valence-corrected chi connectivity index (χ2v) is 12.0. The highest BCUT2D eigenvalue weighted by Crippen LogP contribution is 2.34. The van der Waals surface area contributed by atoms with E-state index in [1.54, 1.807) is 6.07 Å². The molecule has 0 bridgehead atoms. The Labute approximate surface area is 250 Å². The van der Waals surface area contributed by atoms with Gasteiger partial charge in [-0.1, -0.05) is 18.2 Å². The molecule has 0 unspecified atom stereocenters. The summed E-state index contributed by atoms with van der Waals surface area (Å²) in [5, 5.41) is 13.7. The van der Waals surface area contributed by atoms with E-state index in [-0.39, 0.29) is 30.0 Å². The molecule has 4 aliphatic rings. The molecule has 1 amide bonds. The van der Waals surface area contributed by atoms with Gasteiger partial charge in [0.2, 0.25) is 11.5 Å². The molecule has 0 aliphatic carbocycles. The lowest BCUT2D eigenvalue weighted by molar-refractivity contribution is -0.133. The third-order valence-electron chi connectivity index (χ3n) is 9.27. The monoisotopic (exact) mass is 583 g/mol. The summed E-state index contributed by atoms with van der Waals surface area (Å²) >= 11 is 0. The van der Waals surface area contributed by atoms with Crippen LogP contribution in [0.5, 0.6) is 6.01 Å². The second kappa shape index (κ2) is 11.5. The zero-order chi connectivity index (χ0) is 29.5. The SMILES string of the molecule is CN1CCC[C@H]1COc1nc2c(c(N3CCN(C(=O)[C@H]4CN4)[C@@H](CC#N)C3)n1)CCN(c1cc(=O)[nH]c3ccccc13)C2. The number of likely N-dealkylation sites (N-methyl/N-ethyl adjacent to an activating group) is 1. The Balaban J connectivity index is 1.21. The number of para-hydroxylation sites is 1. The number of pyridine rings is 1. The molecule has 0 saturated carbocycles. The third kappa shape index (κ3) is 5.50. The van der Waals surface area contributed by atoms with Crippen LogP contribution in [0.25, 0.3) is 10.9 Å². The van der Waals surface area contributed by atoms with E-state index in [2.05, 4.69) is 38.1 Å². The van der Waals surface area contributed by atoms with Crippen molar-refractivity contribution in [2.75, 3.05) is 62.7 Å². The standard InChI is InChI=1S/C31H37N9O3/c1-37-11-4-5-21(37)19-43-31-35-26-18-38(27-15-28(41)34-24-7-3-2-6-22(24)27)12-9-23(26)29(36-31)39-13-14-40(20(17-39)8-10-32)30(42)25-16-33-25/h2-3,6-7,15,20-21,25,33H,4-5,8-9,11-14,16-19H2,1H3,(H,34,41)/t20-,21-,25+/m0/s1. The number of benzene rings is 1. The number of H-pyrrole nitrogens is 1. The topological polar surface area (TPSA) is 144 Å². The number of anilines is 2. The van der Waals surface area contributed by atoms with E-state index in [4.69, 9.17) is 14.7 Å². The van der Waals surface area contributed by atoms with Crippen LogP contribution >= 0.6 is 0 Å². The summed E-state index contributed by atoms with van der Waals surface area (Å²) in [4.78, 5) is 47.0. The molecular weight excluding hydrogens is 546 g/mol. The fourth-order valence-electron chi connectivity index (χ4n) is 6.78. The van der Waals surface area contributed by atoms with Gasteiger partial charge in [0.25, 0.3) is 0 Å². The molecule has 2 N–H and O–H groups in total. The third-order valence-corrected chi connectivity index (χ3v) is 9.27. The van der Waals surface area contributed by atoms with Gasteiger partial charge < -0.3 is 34.6 Å². The predicted octanol–water partition coefficient (Wildman–Crippen LogP) is 1.26. The molecular formula is C31H37N9O3. The van der Waals surface area contributed by atoms with Crippen molar-refractivity contribution in [3.05, 3.63) is 51.9 Å². The van der Waals surface area contributed by atoms with Crippen LogP contribution in [0, 0.1) is 11.3 Å². The molecule has 43 heavy (non-hydrogen) atoms. The van der Waals surface area contributed by atoms with Crippen molar-refractivity contribution in [2.45, 2.75) is 50.4 Å². The van der Waals surface area contributed by atoms with Crippen LogP contribution in [0.1, 0.15) is 30.5 Å². The average molecular weight is 584 g/mol. The molecule has 4 aliphatic heterocycles. The maximum absolute atomic E-state index is 13.0. The van der Waals surface area contributed by atoms with Gasteiger partial charge in [0.05, 0.1) is 48.0 Å². The molecule has 12 nitrogen and oxygen atoms in total. The maximum Gasteiger partial charge on any atom is 0.318 e. The van der Waals surface area contributed by atoms with Gasteiger partial charge >= 0.3 is 6.01 Å². The van der Waals surface area contributed by atoms with Crippen molar-refractivity contribution in [3.8, 4) is 12.1 Å². The van der Waals surface area contributed by atoms with Crippen LogP contribution in [0.15, 0.2) is 35.1 Å². The lowest BCUT2D eigenvalue weighted by Crippen LogP contribution is -2.57. The number of carbonyl (C=O) groups excluding carboxylic acids is 1. The minimum Gasteiger partial charge on any atom is -0.462 e. The number of hydrogen-bond donors (Lipinski definition) is 2. The van der Waals surface area contributed by atoms with Gasteiger partial charge in [-0.3, -0.25) is 9.59 Å². The average Bonchev–Trinajstić information content (AvgIpc) is 3.79. The first-order chi connectivity index (χ1) is 21.0. The Bertz CT molecular complexity index is 1630. The summed E-state index contributed by atoms with van der Waals surface area (Å²) in [6.45, 7) is 5.19. The number of ether oxygens (including phenoxy) is 1. The summed E-state index contributed by atoms with van der Waals surface area (Å²) in [5.41, 5.74) is 3.50. The molecule has 0 radical (unpaired) electrons. The minimum absolute atomic E-state index is 0.0787. The van der Waals surface area contributed by atoms with E-state index >= 15 is 0 Å². The summed E-state index contributed by atoms with van der Waals surface area (Å²) in [7, 11) is 2.12. The molecule has 6 heterocycles. The molecule has 2 aromatic heterocycles. The van der Waals surface area contributed by atoms with Crippen molar-refractivity contribution in [3.63, 3.8) is 0 Å². The number of aromatic amines is 1. The highest BCUT2D eigenvalue weighted by atomic mass is 16.5. The molecule has 7 rings (SSSR count). The molecule has 224 valence electrons. The lowest BCUT2D eigenvalue weighted by Gasteiger charge is -2.42. The van der Waals surface area contributed by atoms with Crippen LogP contribution in [-0.4, -0.2) is 102 Å². The number of hydrogen-bond acceptors (Lipinski definition) is 10. The van der Waals surface area contributed by atoms with Crippen LogP contribution < -0.4 is 25.4 Å². The van der Waals surface area contributed by atoms with E-state index in [1.165, 1.54) is 0 Å². The van der Waals surface area contributed by atoms with E-state index in [0.717, 1.165) is 53.1 Å². The van der Waals surface area contributed by atoms with Gasteiger partial charge in [0.1, 0.15) is 12.4 Å². The number of carbonyl (C=O) groups is 1. The highest BCUT2D eigenvalue weighted by molar-refractivity contribution is 5.91. The highest BCUT2D eigenvalue weighted by Gasteiger charge is 2.39. The number of amides is 1. The van der Waals surface area contributed by atoms with Crippen molar-refractivity contribution >= 4 is 28.3 Å². The van der Waals surface area contributed by atoms with Crippen molar-refractivity contribution in [1.82, 2.24) is 30.1 Å². The Hall–Kier alpha value is -4.21. The van der Waals surface area contributed by atoms with Gasteiger partial charge in [-0.05, 0) is 38.9 Å². The number of fused-ring (bicyclic) bond motifs is 2. The quantitative estimate of drug-likeness (QED) is 0.390.